The van der Waals surface area contributed by atoms with E-state index in [0.717, 1.165) is 18.5 Å². The van der Waals surface area contributed by atoms with Gasteiger partial charge in [0.2, 0.25) is 5.43 Å². The van der Waals surface area contributed by atoms with Crippen LogP contribution in [-0.2, 0) is 11.3 Å². The molecular weight excluding hydrogens is 322 g/mol. The molecule has 1 atom stereocenters. The minimum Gasteiger partial charge on any atom is -0.491 e. The van der Waals surface area contributed by atoms with Crippen LogP contribution < -0.4 is 10.2 Å². The molecule has 1 saturated heterocycles. The Kier molecular flexibility index (Phi) is 5.45. The van der Waals surface area contributed by atoms with E-state index in [-0.39, 0.29) is 28.9 Å². The molecular formula is C18H21N3O4. The van der Waals surface area contributed by atoms with Crippen LogP contribution in [0, 0.1) is 0 Å². The Labute approximate surface area is 145 Å². The molecule has 0 aliphatic carbocycles. The average molecular weight is 343 g/mol. The summed E-state index contributed by atoms with van der Waals surface area (Å²) < 4.78 is 10.8. The molecule has 0 aromatic carbocycles. The van der Waals surface area contributed by atoms with Crippen molar-refractivity contribution in [3.05, 3.63) is 58.3 Å². The van der Waals surface area contributed by atoms with E-state index >= 15 is 0 Å². The summed E-state index contributed by atoms with van der Waals surface area (Å²) in [5.41, 5.74) is 0.811. The summed E-state index contributed by atoms with van der Waals surface area (Å²) in [6.07, 6.45) is 4.86. The monoisotopic (exact) mass is 343 g/mol. The van der Waals surface area contributed by atoms with E-state index in [4.69, 9.17) is 9.47 Å². The lowest BCUT2D eigenvalue weighted by atomic mass is 10.1. The Morgan fingerprint density at radius 1 is 1.44 bits per heavy atom. The lowest BCUT2D eigenvalue weighted by Gasteiger charge is -2.32. The number of H-pyrrole nitrogens is 1. The quantitative estimate of drug-likeness (QED) is 0.891. The van der Waals surface area contributed by atoms with Crippen LogP contribution >= 0.6 is 0 Å². The second-order valence-corrected chi connectivity index (χ2v) is 5.93. The molecule has 0 bridgehead atoms. The SMILES string of the molecule is COc1c[nH]c(C(=O)N2CCCC(OCc3ccccn3)C2)cc1=O. The van der Waals surface area contributed by atoms with E-state index < -0.39 is 0 Å². The van der Waals surface area contributed by atoms with Crippen molar-refractivity contribution in [3.8, 4) is 5.75 Å². The number of ether oxygens (including phenoxy) is 2. The third-order valence-corrected chi connectivity index (χ3v) is 4.19. The Hall–Kier alpha value is -2.67. The number of rotatable bonds is 5. The van der Waals surface area contributed by atoms with Crippen LogP contribution in [0.15, 0.2) is 41.5 Å². The van der Waals surface area contributed by atoms with Gasteiger partial charge in [0.25, 0.3) is 5.91 Å². The number of likely N-dealkylation sites (tertiary alicyclic amines) is 1. The van der Waals surface area contributed by atoms with Crippen molar-refractivity contribution in [2.45, 2.75) is 25.6 Å². The van der Waals surface area contributed by atoms with Crippen LogP contribution in [0.3, 0.4) is 0 Å². The van der Waals surface area contributed by atoms with Gasteiger partial charge in [-0.3, -0.25) is 14.6 Å². The van der Waals surface area contributed by atoms with Gasteiger partial charge in [0, 0.05) is 31.5 Å². The van der Waals surface area contributed by atoms with Crippen LogP contribution in [0.4, 0.5) is 0 Å². The molecule has 1 aliphatic rings. The molecule has 3 rings (SSSR count). The number of nitrogens with zero attached hydrogens (tertiary/aromatic N) is 2. The minimum atomic E-state index is -0.315. The van der Waals surface area contributed by atoms with Gasteiger partial charge < -0.3 is 19.4 Å². The van der Waals surface area contributed by atoms with E-state index in [0.29, 0.717) is 19.7 Å². The standard InChI is InChI=1S/C18H21N3O4/c1-24-17-10-20-15(9-16(17)22)18(23)21-8-4-6-14(11-21)25-12-13-5-2-3-7-19-13/h2-3,5,7,9-10,14H,4,6,8,11-12H2,1H3,(H,20,22). The first-order valence-electron chi connectivity index (χ1n) is 8.25. The Bertz CT molecular complexity index is 775. The molecule has 1 aliphatic heterocycles. The summed E-state index contributed by atoms with van der Waals surface area (Å²) in [4.78, 5) is 33.2. The third-order valence-electron chi connectivity index (χ3n) is 4.19. The highest BCUT2D eigenvalue weighted by molar-refractivity contribution is 5.92. The maximum Gasteiger partial charge on any atom is 0.270 e. The van der Waals surface area contributed by atoms with Crippen LogP contribution in [-0.4, -0.2) is 47.1 Å². The van der Waals surface area contributed by atoms with Crippen molar-refractivity contribution in [2.24, 2.45) is 0 Å². The smallest absolute Gasteiger partial charge is 0.270 e. The minimum absolute atomic E-state index is 0.0373. The number of aromatic nitrogens is 2. The fraction of sp³-hybridized carbons (Fsp3) is 0.389. The Morgan fingerprint density at radius 3 is 3.04 bits per heavy atom. The van der Waals surface area contributed by atoms with Crippen molar-refractivity contribution >= 4 is 5.91 Å². The summed E-state index contributed by atoms with van der Waals surface area (Å²) in [5.74, 6) is -0.0161. The molecule has 7 heteroatoms. The van der Waals surface area contributed by atoms with Crippen LogP contribution in [0.25, 0.3) is 0 Å². The molecule has 1 amide bonds. The average Bonchev–Trinajstić information content (AvgIpc) is 2.67. The van der Waals surface area contributed by atoms with Gasteiger partial charge >= 0.3 is 0 Å². The summed E-state index contributed by atoms with van der Waals surface area (Å²) in [5, 5.41) is 0. The highest BCUT2D eigenvalue weighted by Crippen LogP contribution is 2.16. The van der Waals surface area contributed by atoms with Crippen LogP contribution in [0.1, 0.15) is 29.0 Å². The molecule has 7 nitrogen and oxygen atoms in total. The van der Waals surface area contributed by atoms with Gasteiger partial charge in [0.1, 0.15) is 5.69 Å². The predicted octanol–water partition coefficient (Wildman–Crippen LogP) is 1.60. The fourth-order valence-corrected chi connectivity index (χ4v) is 2.86. The number of aromatic amines is 1. The number of carbonyl (C=O) groups is 1. The number of carbonyl (C=O) groups excluding carboxylic acids is 1. The van der Waals surface area contributed by atoms with E-state index in [1.54, 1.807) is 11.1 Å². The third kappa shape index (κ3) is 4.24. The molecule has 1 unspecified atom stereocenters. The Morgan fingerprint density at radius 2 is 2.32 bits per heavy atom. The van der Waals surface area contributed by atoms with Gasteiger partial charge in [0.05, 0.1) is 25.5 Å². The van der Waals surface area contributed by atoms with Crippen LogP contribution in [0.5, 0.6) is 5.75 Å². The topological polar surface area (TPSA) is 84.5 Å². The van der Waals surface area contributed by atoms with Gasteiger partial charge in [0.15, 0.2) is 5.75 Å². The Balaban J connectivity index is 1.61. The largest absolute Gasteiger partial charge is 0.491 e. The van der Waals surface area contributed by atoms with Crippen molar-refractivity contribution in [1.82, 2.24) is 14.9 Å². The number of amides is 1. The van der Waals surface area contributed by atoms with E-state index in [1.807, 2.05) is 18.2 Å². The summed E-state index contributed by atoms with van der Waals surface area (Å²) in [6.45, 7) is 1.57. The first-order valence-corrected chi connectivity index (χ1v) is 8.25. The number of methoxy groups -OCH3 is 1. The maximum atomic E-state index is 12.6. The van der Waals surface area contributed by atoms with Crippen molar-refractivity contribution < 1.29 is 14.3 Å². The first-order chi connectivity index (χ1) is 12.2. The lowest BCUT2D eigenvalue weighted by molar-refractivity contribution is -0.00801. The molecule has 0 radical (unpaired) electrons. The van der Waals surface area contributed by atoms with E-state index in [9.17, 15) is 9.59 Å². The van der Waals surface area contributed by atoms with Gasteiger partial charge in [-0.1, -0.05) is 6.07 Å². The normalized spacial score (nSPS) is 17.3. The molecule has 2 aromatic heterocycles. The van der Waals surface area contributed by atoms with Crippen LogP contribution in [0.2, 0.25) is 0 Å². The zero-order valence-electron chi connectivity index (χ0n) is 14.1. The highest BCUT2D eigenvalue weighted by Gasteiger charge is 2.25. The van der Waals surface area contributed by atoms with E-state index in [1.165, 1.54) is 19.4 Å². The van der Waals surface area contributed by atoms with Gasteiger partial charge in [-0.25, -0.2) is 0 Å². The zero-order valence-corrected chi connectivity index (χ0v) is 14.1. The van der Waals surface area contributed by atoms with Crippen molar-refractivity contribution in [3.63, 3.8) is 0 Å². The highest BCUT2D eigenvalue weighted by atomic mass is 16.5. The fourth-order valence-electron chi connectivity index (χ4n) is 2.86. The number of piperidine rings is 1. The first kappa shape index (κ1) is 17.2. The van der Waals surface area contributed by atoms with Crippen molar-refractivity contribution in [2.75, 3.05) is 20.2 Å². The molecule has 0 saturated carbocycles. The lowest BCUT2D eigenvalue weighted by Crippen LogP contribution is -2.43. The molecule has 132 valence electrons. The van der Waals surface area contributed by atoms with Gasteiger partial charge in [-0.05, 0) is 25.0 Å². The second-order valence-electron chi connectivity index (χ2n) is 5.93. The molecule has 25 heavy (non-hydrogen) atoms. The molecule has 1 N–H and O–H groups in total. The van der Waals surface area contributed by atoms with Crippen molar-refractivity contribution in [1.29, 1.82) is 0 Å². The maximum absolute atomic E-state index is 12.6. The summed E-state index contributed by atoms with van der Waals surface area (Å²) in [7, 11) is 1.42. The second kappa shape index (κ2) is 7.94. The summed E-state index contributed by atoms with van der Waals surface area (Å²) >= 11 is 0. The zero-order chi connectivity index (χ0) is 17.6. The predicted molar refractivity (Wildman–Crippen MR) is 91.6 cm³/mol. The number of pyridine rings is 2. The number of hydrogen-bond donors (Lipinski definition) is 1. The van der Waals surface area contributed by atoms with E-state index in [2.05, 4.69) is 9.97 Å². The molecule has 1 fully saturated rings. The molecule has 0 spiro atoms. The molecule has 3 heterocycles. The number of hydrogen-bond acceptors (Lipinski definition) is 5. The molecule has 2 aromatic rings. The number of nitrogens with one attached hydrogen (secondary N) is 1. The van der Waals surface area contributed by atoms with Gasteiger partial charge in [-0.15, -0.1) is 0 Å². The van der Waals surface area contributed by atoms with Gasteiger partial charge in [-0.2, -0.15) is 0 Å². The summed E-state index contributed by atoms with van der Waals surface area (Å²) in [6, 6.07) is 6.97.